The van der Waals surface area contributed by atoms with Gasteiger partial charge in [-0.2, -0.15) is 9.61 Å². The second-order valence-corrected chi connectivity index (χ2v) is 6.81. The van der Waals surface area contributed by atoms with Crippen LogP contribution in [-0.2, 0) is 13.0 Å². The van der Waals surface area contributed by atoms with Gasteiger partial charge in [-0.05, 0) is 38.1 Å². The second-order valence-electron chi connectivity index (χ2n) is 5.77. The van der Waals surface area contributed by atoms with E-state index in [0.29, 0.717) is 17.2 Å². The summed E-state index contributed by atoms with van der Waals surface area (Å²) in [5, 5.41) is 5.15. The number of fused-ring (bicyclic) bond motifs is 1. The molecule has 0 bridgehead atoms. The first-order valence-electron chi connectivity index (χ1n) is 7.82. The highest BCUT2D eigenvalue weighted by molar-refractivity contribution is 7.16. The van der Waals surface area contributed by atoms with E-state index in [2.05, 4.69) is 15.0 Å². The second kappa shape index (κ2) is 6.78. The first-order chi connectivity index (χ1) is 11.5. The molecule has 1 atom stereocenters. The highest BCUT2D eigenvalue weighted by Crippen LogP contribution is 2.21. The minimum Gasteiger partial charge on any atom is -0.294 e. The van der Waals surface area contributed by atoms with Crippen LogP contribution in [0.25, 0.3) is 4.96 Å². The molecule has 126 valence electrons. The van der Waals surface area contributed by atoms with Crippen molar-refractivity contribution in [2.75, 3.05) is 7.05 Å². The first-order valence-corrected chi connectivity index (χ1v) is 8.64. The van der Waals surface area contributed by atoms with Crippen LogP contribution < -0.4 is 5.56 Å². The minimum atomic E-state index is -0.245. The van der Waals surface area contributed by atoms with Crippen LogP contribution in [0, 0.1) is 5.82 Å². The Morgan fingerprint density at radius 3 is 2.71 bits per heavy atom. The third-order valence-corrected chi connectivity index (χ3v) is 5.12. The summed E-state index contributed by atoms with van der Waals surface area (Å²) in [5.41, 5.74) is 1.57. The van der Waals surface area contributed by atoms with E-state index in [0.717, 1.165) is 17.0 Å². The van der Waals surface area contributed by atoms with Crippen LogP contribution >= 0.6 is 11.3 Å². The van der Waals surface area contributed by atoms with Gasteiger partial charge in [0.25, 0.3) is 5.56 Å². The van der Waals surface area contributed by atoms with E-state index in [1.807, 2.05) is 20.9 Å². The summed E-state index contributed by atoms with van der Waals surface area (Å²) < 4.78 is 14.4. The fourth-order valence-electron chi connectivity index (χ4n) is 2.51. The van der Waals surface area contributed by atoms with Gasteiger partial charge in [-0.15, -0.1) is 0 Å². The molecule has 0 N–H and O–H groups in total. The predicted octanol–water partition coefficient (Wildman–Crippen LogP) is 3.05. The standard InChI is InChI=1S/C17H19FN4OS/c1-4-15-20-22-16(23)9-14(19-17(22)24-15)10-21(3)11(2)12-5-7-13(18)8-6-12/h5-9,11H,4,10H2,1-3H3/t11-/m1/s1. The Labute approximate surface area is 143 Å². The molecule has 0 aliphatic rings. The van der Waals surface area contributed by atoms with Gasteiger partial charge in [0, 0.05) is 18.7 Å². The Hall–Kier alpha value is -2.12. The lowest BCUT2D eigenvalue weighted by atomic mass is 10.1. The topological polar surface area (TPSA) is 50.5 Å². The van der Waals surface area contributed by atoms with Gasteiger partial charge in [-0.25, -0.2) is 9.37 Å². The maximum atomic E-state index is 13.1. The van der Waals surface area contributed by atoms with Gasteiger partial charge in [-0.3, -0.25) is 9.69 Å². The molecule has 3 aromatic rings. The van der Waals surface area contributed by atoms with Crippen molar-refractivity contribution in [2.45, 2.75) is 32.9 Å². The van der Waals surface area contributed by atoms with Crippen molar-refractivity contribution < 1.29 is 4.39 Å². The summed E-state index contributed by atoms with van der Waals surface area (Å²) in [7, 11) is 1.96. The van der Waals surface area contributed by atoms with Crippen LogP contribution in [0.4, 0.5) is 4.39 Å². The number of nitrogens with zero attached hydrogens (tertiary/aromatic N) is 4. The fourth-order valence-corrected chi connectivity index (χ4v) is 3.37. The van der Waals surface area contributed by atoms with Crippen LogP contribution in [0.1, 0.15) is 36.2 Å². The van der Waals surface area contributed by atoms with Gasteiger partial charge in [0.1, 0.15) is 10.8 Å². The molecule has 0 aliphatic heterocycles. The summed E-state index contributed by atoms with van der Waals surface area (Å²) in [6.45, 7) is 4.58. The van der Waals surface area contributed by atoms with E-state index in [4.69, 9.17) is 0 Å². The maximum absolute atomic E-state index is 13.1. The normalized spacial score (nSPS) is 12.9. The zero-order chi connectivity index (χ0) is 17.3. The van der Waals surface area contributed by atoms with Crippen molar-refractivity contribution in [3.8, 4) is 0 Å². The molecule has 0 radical (unpaired) electrons. The molecule has 0 amide bonds. The van der Waals surface area contributed by atoms with Crippen LogP contribution in [0.3, 0.4) is 0 Å². The monoisotopic (exact) mass is 346 g/mol. The SMILES string of the molecule is CCc1nn2c(=O)cc(CN(C)[C@H](C)c3ccc(F)cc3)nc2s1. The molecule has 2 aromatic heterocycles. The molecule has 1 aromatic carbocycles. The molecule has 5 nitrogen and oxygen atoms in total. The number of rotatable bonds is 5. The molecule has 7 heteroatoms. The van der Waals surface area contributed by atoms with Crippen molar-refractivity contribution in [1.29, 1.82) is 0 Å². The lowest BCUT2D eigenvalue weighted by Gasteiger charge is -2.24. The minimum absolute atomic E-state index is 0.0820. The van der Waals surface area contributed by atoms with E-state index in [1.54, 1.807) is 12.1 Å². The highest BCUT2D eigenvalue weighted by atomic mass is 32.1. The quantitative estimate of drug-likeness (QED) is 0.712. The average Bonchev–Trinajstić information content (AvgIpc) is 2.98. The lowest BCUT2D eigenvalue weighted by molar-refractivity contribution is 0.250. The third-order valence-electron chi connectivity index (χ3n) is 4.07. The van der Waals surface area contributed by atoms with Gasteiger partial charge in [-0.1, -0.05) is 30.4 Å². The molecule has 2 heterocycles. The molecule has 0 saturated carbocycles. The number of halogens is 1. The number of aromatic nitrogens is 3. The Balaban J connectivity index is 1.83. The Morgan fingerprint density at radius 2 is 2.04 bits per heavy atom. The largest absolute Gasteiger partial charge is 0.294 e. The summed E-state index contributed by atoms with van der Waals surface area (Å²) >= 11 is 1.44. The highest BCUT2D eigenvalue weighted by Gasteiger charge is 2.15. The van der Waals surface area contributed by atoms with Crippen LogP contribution in [0.5, 0.6) is 0 Å². The van der Waals surface area contributed by atoms with Gasteiger partial charge in [0.15, 0.2) is 0 Å². The molecular weight excluding hydrogens is 327 g/mol. The van der Waals surface area contributed by atoms with Crippen molar-refractivity contribution in [1.82, 2.24) is 19.5 Å². The zero-order valence-corrected chi connectivity index (χ0v) is 14.7. The van der Waals surface area contributed by atoms with Crippen molar-refractivity contribution in [3.05, 3.63) is 62.8 Å². The Morgan fingerprint density at radius 1 is 1.33 bits per heavy atom. The van der Waals surface area contributed by atoms with Gasteiger partial charge < -0.3 is 0 Å². The Kier molecular flexibility index (Phi) is 4.73. The lowest BCUT2D eigenvalue weighted by Crippen LogP contribution is -2.24. The average molecular weight is 346 g/mol. The first kappa shape index (κ1) is 16.7. The Bertz CT molecular complexity index is 903. The number of hydrogen-bond acceptors (Lipinski definition) is 5. The molecule has 0 spiro atoms. The summed E-state index contributed by atoms with van der Waals surface area (Å²) in [6, 6.07) is 8.08. The number of aryl methyl sites for hydroxylation is 1. The zero-order valence-electron chi connectivity index (χ0n) is 13.9. The van der Waals surface area contributed by atoms with E-state index in [9.17, 15) is 9.18 Å². The fraction of sp³-hybridized carbons (Fsp3) is 0.353. The van der Waals surface area contributed by atoms with Gasteiger partial charge in [0.2, 0.25) is 4.96 Å². The molecular formula is C17H19FN4OS. The summed E-state index contributed by atoms with van der Waals surface area (Å²) in [5.74, 6) is -0.245. The molecule has 0 saturated heterocycles. The smallest absolute Gasteiger partial charge is 0.275 e. The number of benzene rings is 1. The van der Waals surface area contributed by atoms with Crippen molar-refractivity contribution >= 4 is 16.3 Å². The van der Waals surface area contributed by atoms with E-state index < -0.39 is 0 Å². The van der Waals surface area contributed by atoms with Crippen LogP contribution in [-0.4, -0.2) is 26.5 Å². The van der Waals surface area contributed by atoms with E-state index in [-0.39, 0.29) is 17.4 Å². The van der Waals surface area contributed by atoms with Crippen molar-refractivity contribution in [2.24, 2.45) is 0 Å². The van der Waals surface area contributed by atoms with Crippen molar-refractivity contribution in [3.63, 3.8) is 0 Å². The van der Waals surface area contributed by atoms with E-state index in [1.165, 1.54) is 34.1 Å². The third kappa shape index (κ3) is 3.37. The van der Waals surface area contributed by atoms with Gasteiger partial charge in [0.05, 0.1) is 5.69 Å². The van der Waals surface area contributed by atoms with Gasteiger partial charge >= 0.3 is 0 Å². The maximum Gasteiger partial charge on any atom is 0.275 e. The predicted molar refractivity (Wildman–Crippen MR) is 92.8 cm³/mol. The molecule has 0 aliphatic carbocycles. The molecule has 24 heavy (non-hydrogen) atoms. The molecule has 0 fully saturated rings. The van der Waals surface area contributed by atoms with Crippen LogP contribution in [0.2, 0.25) is 0 Å². The summed E-state index contributed by atoms with van der Waals surface area (Å²) in [4.78, 5) is 19.4. The van der Waals surface area contributed by atoms with E-state index >= 15 is 0 Å². The number of hydrogen-bond donors (Lipinski definition) is 0. The molecule has 3 rings (SSSR count). The summed E-state index contributed by atoms with van der Waals surface area (Å²) in [6.07, 6.45) is 0.782. The molecule has 0 unspecified atom stereocenters. The van der Waals surface area contributed by atoms with Crippen LogP contribution in [0.15, 0.2) is 35.1 Å².